The molecule has 1 fully saturated rings. The molecule has 0 spiro atoms. The van der Waals surface area contributed by atoms with E-state index in [0.717, 1.165) is 42.5 Å². The Kier molecular flexibility index (Phi) is 6.58. The lowest BCUT2D eigenvalue weighted by molar-refractivity contribution is -0.137. The molecule has 3 aromatic rings. The summed E-state index contributed by atoms with van der Waals surface area (Å²) in [5, 5.41) is 9.80. The van der Waals surface area contributed by atoms with E-state index in [4.69, 9.17) is 4.74 Å². The minimum Gasteiger partial charge on any atom is -0.493 e. The molecule has 0 radical (unpaired) electrons. The lowest BCUT2D eigenvalue weighted by atomic mass is 10.1. The average molecular weight is 472 g/mol. The number of amides is 2. The summed E-state index contributed by atoms with van der Waals surface area (Å²) in [6.45, 7) is 0. The molecule has 1 aliphatic carbocycles. The van der Waals surface area contributed by atoms with Gasteiger partial charge in [0.2, 0.25) is 0 Å². The number of carbonyl (C=O) groups excluding carboxylic acids is 2. The lowest BCUT2D eigenvalue weighted by Crippen LogP contribution is -2.33. The van der Waals surface area contributed by atoms with Gasteiger partial charge in [0.15, 0.2) is 11.4 Å². The second kappa shape index (κ2) is 9.58. The Morgan fingerprint density at radius 2 is 1.79 bits per heavy atom. The minimum absolute atomic E-state index is 0.0720. The summed E-state index contributed by atoms with van der Waals surface area (Å²) in [5.41, 5.74) is -0.264. The topological polar surface area (TPSA) is 85.2 Å². The van der Waals surface area contributed by atoms with Crippen LogP contribution in [-0.2, 0) is 6.18 Å². The highest BCUT2D eigenvalue weighted by Crippen LogP contribution is 2.31. The van der Waals surface area contributed by atoms with E-state index < -0.39 is 17.6 Å². The molecule has 4 rings (SSSR count). The van der Waals surface area contributed by atoms with Crippen LogP contribution < -0.4 is 15.4 Å². The van der Waals surface area contributed by atoms with Crippen molar-refractivity contribution in [2.75, 3.05) is 12.4 Å². The summed E-state index contributed by atoms with van der Waals surface area (Å²) in [6.07, 6.45) is 0.781. The van der Waals surface area contributed by atoms with E-state index in [2.05, 4.69) is 15.7 Å². The molecule has 1 aliphatic rings. The standard InChI is InChI=1S/C24H23F3N4O3/c1-34-20-14-31(17-10-6-7-15(13-17)24(25,26)27)30-21(20)23(33)29-19-12-5-4-11-18(19)22(32)28-16-8-2-3-9-16/h4-7,10-14,16H,2-3,8-9H2,1H3,(H,28,32)(H,29,33). The second-order valence-electron chi connectivity index (χ2n) is 7.99. The van der Waals surface area contributed by atoms with Gasteiger partial charge in [0.25, 0.3) is 11.8 Å². The number of carbonyl (C=O) groups is 2. The van der Waals surface area contributed by atoms with Crippen molar-refractivity contribution >= 4 is 17.5 Å². The third kappa shape index (κ3) is 5.05. The van der Waals surface area contributed by atoms with Gasteiger partial charge in [0.1, 0.15) is 0 Å². The van der Waals surface area contributed by atoms with E-state index in [9.17, 15) is 22.8 Å². The van der Waals surface area contributed by atoms with Gasteiger partial charge in [-0.25, -0.2) is 4.68 Å². The Morgan fingerprint density at radius 1 is 1.06 bits per heavy atom. The number of nitrogens with one attached hydrogen (secondary N) is 2. The zero-order chi connectivity index (χ0) is 24.3. The minimum atomic E-state index is -4.52. The van der Waals surface area contributed by atoms with Crippen molar-refractivity contribution in [3.8, 4) is 11.4 Å². The molecule has 0 atom stereocenters. The average Bonchev–Trinajstić information content (AvgIpc) is 3.49. The summed E-state index contributed by atoms with van der Waals surface area (Å²) in [6, 6.07) is 11.3. The van der Waals surface area contributed by atoms with Gasteiger partial charge in [0.05, 0.1) is 35.8 Å². The Bertz CT molecular complexity index is 1200. The maximum absolute atomic E-state index is 13.1. The molecule has 1 saturated carbocycles. The van der Waals surface area contributed by atoms with Crippen LogP contribution in [0.5, 0.6) is 5.75 Å². The van der Waals surface area contributed by atoms with Gasteiger partial charge < -0.3 is 15.4 Å². The first-order chi connectivity index (χ1) is 16.3. The summed E-state index contributed by atoms with van der Waals surface area (Å²) in [5.74, 6) is -0.879. The van der Waals surface area contributed by atoms with Gasteiger partial charge in [-0.2, -0.15) is 18.3 Å². The van der Waals surface area contributed by atoms with Crippen LogP contribution in [0.15, 0.2) is 54.7 Å². The number of para-hydroxylation sites is 1. The molecule has 0 aliphatic heterocycles. The highest BCUT2D eigenvalue weighted by molar-refractivity contribution is 6.09. The van der Waals surface area contributed by atoms with Crippen molar-refractivity contribution in [3.05, 3.63) is 71.5 Å². The third-order valence-electron chi connectivity index (χ3n) is 5.66. The van der Waals surface area contributed by atoms with Crippen LogP contribution in [0.4, 0.5) is 18.9 Å². The summed E-state index contributed by atoms with van der Waals surface area (Å²) in [4.78, 5) is 25.8. The molecule has 34 heavy (non-hydrogen) atoms. The van der Waals surface area contributed by atoms with Gasteiger partial charge in [-0.15, -0.1) is 0 Å². The number of alkyl halides is 3. The van der Waals surface area contributed by atoms with E-state index >= 15 is 0 Å². The Hall–Kier alpha value is -3.82. The quantitative estimate of drug-likeness (QED) is 0.539. The highest BCUT2D eigenvalue weighted by Gasteiger charge is 2.31. The molecule has 2 N–H and O–H groups in total. The van der Waals surface area contributed by atoms with Crippen LogP contribution in [0, 0.1) is 0 Å². The van der Waals surface area contributed by atoms with Crippen molar-refractivity contribution < 1.29 is 27.5 Å². The van der Waals surface area contributed by atoms with Gasteiger partial charge in [0, 0.05) is 6.04 Å². The number of hydrogen-bond acceptors (Lipinski definition) is 4. The smallest absolute Gasteiger partial charge is 0.416 e. The summed E-state index contributed by atoms with van der Waals surface area (Å²) >= 11 is 0. The van der Waals surface area contributed by atoms with Crippen molar-refractivity contribution in [2.45, 2.75) is 37.9 Å². The van der Waals surface area contributed by atoms with Crippen LogP contribution in [0.2, 0.25) is 0 Å². The van der Waals surface area contributed by atoms with Crippen LogP contribution in [0.25, 0.3) is 5.69 Å². The molecular formula is C24H23F3N4O3. The van der Waals surface area contributed by atoms with E-state index in [1.807, 2.05) is 0 Å². The molecule has 1 heterocycles. The lowest BCUT2D eigenvalue weighted by Gasteiger charge is -2.14. The van der Waals surface area contributed by atoms with Gasteiger partial charge >= 0.3 is 6.18 Å². The molecule has 10 heteroatoms. The molecule has 2 amide bonds. The predicted molar refractivity (Wildman–Crippen MR) is 119 cm³/mol. The number of aromatic nitrogens is 2. The van der Waals surface area contributed by atoms with E-state index in [-0.39, 0.29) is 29.1 Å². The maximum Gasteiger partial charge on any atom is 0.416 e. The molecule has 0 bridgehead atoms. The monoisotopic (exact) mass is 472 g/mol. The number of nitrogens with zero attached hydrogens (tertiary/aromatic N) is 2. The summed E-state index contributed by atoms with van der Waals surface area (Å²) in [7, 11) is 1.33. The van der Waals surface area contributed by atoms with E-state index in [0.29, 0.717) is 11.3 Å². The van der Waals surface area contributed by atoms with Crippen LogP contribution in [-0.4, -0.2) is 34.7 Å². The molecule has 0 saturated heterocycles. The van der Waals surface area contributed by atoms with Crippen LogP contribution in [0.3, 0.4) is 0 Å². The zero-order valence-electron chi connectivity index (χ0n) is 18.4. The van der Waals surface area contributed by atoms with Crippen molar-refractivity contribution in [1.82, 2.24) is 15.1 Å². The summed E-state index contributed by atoms with van der Waals surface area (Å²) < 4.78 is 45.6. The normalized spacial score (nSPS) is 14.1. The van der Waals surface area contributed by atoms with Crippen LogP contribution in [0.1, 0.15) is 52.1 Å². The van der Waals surface area contributed by atoms with E-state index in [1.54, 1.807) is 24.3 Å². The van der Waals surface area contributed by atoms with Gasteiger partial charge in [-0.05, 0) is 43.2 Å². The van der Waals surface area contributed by atoms with E-state index in [1.165, 1.54) is 25.4 Å². The number of benzene rings is 2. The fourth-order valence-electron chi connectivity index (χ4n) is 3.93. The predicted octanol–water partition coefficient (Wildman–Crippen LogP) is 4.82. The fraction of sp³-hybridized carbons (Fsp3) is 0.292. The second-order valence-corrected chi connectivity index (χ2v) is 7.99. The number of ether oxygens (including phenoxy) is 1. The van der Waals surface area contributed by atoms with Gasteiger partial charge in [-0.1, -0.05) is 31.0 Å². The molecular weight excluding hydrogens is 449 g/mol. The largest absolute Gasteiger partial charge is 0.493 e. The van der Waals surface area contributed by atoms with Gasteiger partial charge in [-0.3, -0.25) is 9.59 Å². The SMILES string of the molecule is COc1cn(-c2cccc(C(F)(F)F)c2)nc1C(=O)Nc1ccccc1C(=O)NC1CCCC1. The number of halogens is 3. The third-order valence-corrected chi connectivity index (χ3v) is 5.66. The molecule has 0 unspecified atom stereocenters. The zero-order valence-corrected chi connectivity index (χ0v) is 18.4. The molecule has 178 valence electrons. The molecule has 7 nitrogen and oxygen atoms in total. The first kappa shape index (κ1) is 23.3. The molecule has 2 aromatic carbocycles. The van der Waals surface area contributed by atoms with Crippen molar-refractivity contribution in [2.24, 2.45) is 0 Å². The van der Waals surface area contributed by atoms with Crippen molar-refractivity contribution in [1.29, 1.82) is 0 Å². The van der Waals surface area contributed by atoms with Crippen molar-refractivity contribution in [3.63, 3.8) is 0 Å². The fourth-order valence-corrected chi connectivity index (χ4v) is 3.93. The first-order valence-corrected chi connectivity index (χ1v) is 10.8. The first-order valence-electron chi connectivity index (χ1n) is 10.8. The molecule has 1 aromatic heterocycles. The Morgan fingerprint density at radius 3 is 2.50 bits per heavy atom. The maximum atomic E-state index is 13.1. The Labute approximate surface area is 193 Å². The van der Waals surface area contributed by atoms with Crippen LogP contribution >= 0.6 is 0 Å². The number of hydrogen-bond donors (Lipinski definition) is 2. The number of methoxy groups -OCH3 is 1. The Balaban J connectivity index is 1.58. The number of anilines is 1. The number of rotatable bonds is 6. The highest BCUT2D eigenvalue weighted by atomic mass is 19.4.